The molecule has 1 amide bonds. The fourth-order valence-corrected chi connectivity index (χ4v) is 2.62. The predicted octanol–water partition coefficient (Wildman–Crippen LogP) is 4.13. The third kappa shape index (κ3) is 4.98. The molecule has 0 fully saturated rings. The van der Waals surface area contributed by atoms with Crippen molar-refractivity contribution in [3.05, 3.63) is 84.2 Å². The molecule has 0 saturated carbocycles. The number of esters is 1. The minimum atomic E-state index is -0.559. The van der Waals surface area contributed by atoms with Crippen LogP contribution < -0.4 is 10.1 Å². The molecule has 1 heterocycles. The first-order valence-corrected chi connectivity index (χ1v) is 8.52. The van der Waals surface area contributed by atoms with E-state index in [0.29, 0.717) is 23.7 Å². The molecule has 2 aromatic carbocycles. The van der Waals surface area contributed by atoms with Crippen LogP contribution >= 0.6 is 0 Å². The zero-order chi connectivity index (χ0) is 19.1. The van der Waals surface area contributed by atoms with Gasteiger partial charge in [0, 0.05) is 18.4 Å². The summed E-state index contributed by atoms with van der Waals surface area (Å²) in [5.41, 5.74) is 2.25. The molecule has 0 bridgehead atoms. The molecule has 0 spiro atoms. The van der Waals surface area contributed by atoms with Crippen molar-refractivity contribution in [2.75, 3.05) is 12.4 Å². The molecular formula is C21H20N2O4. The normalized spacial score (nSPS) is 10.3. The maximum absolute atomic E-state index is 12.5. The SMILES string of the molecule is COC(=O)Nc1ccc(OC(=O)c2cccn2CCc2ccccc2)cc1. The van der Waals surface area contributed by atoms with E-state index in [-0.39, 0.29) is 0 Å². The van der Waals surface area contributed by atoms with Gasteiger partial charge in [0.25, 0.3) is 0 Å². The van der Waals surface area contributed by atoms with Crippen LogP contribution in [-0.4, -0.2) is 23.7 Å². The summed E-state index contributed by atoms with van der Waals surface area (Å²) in [5, 5.41) is 2.54. The lowest BCUT2D eigenvalue weighted by atomic mass is 10.1. The molecule has 0 unspecified atom stereocenters. The van der Waals surface area contributed by atoms with E-state index in [0.717, 1.165) is 6.42 Å². The molecule has 1 aromatic heterocycles. The topological polar surface area (TPSA) is 69.6 Å². The quantitative estimate of drug-likeness (QED) is 0.527. The second-order valence-corrected chi connectivity index (χ2v) is 5.85. The second kappa shape index (κ2) is 8.71. The first-order valence-electron chi connectivity index (χ1n) is 8.52. The molecule has 6 heteroatoms. The van der Waals surface area contributed by atoms with Gasteiger partial charge in [-0.15, -0.1) is 0 Å². The Kier molecular flexibility index (Phi) is 5.89. The molecule has 27 heavy (non-hydrogen) atoms. The average Bonchev–Trinajstić information content (AvgIpc) is 3.17. The van der Waals surface area contributed by atoms with E-state index in [1.165, 1.54) is 12.7 Å². The number of aryl methyl sites for hydroxylation is 2. The number of carbonyl (C=O) groups excluding carboxylic acids is 2. The number of anilines is 1. The Labute approximate surface area is 157 Å². The van der Waals surface area contributed by atoms with Gasteiger partial charge in [0.2, 0.25) is 0 Å². The first-order chi connectivity index (χ1) is 13.2. The summed E-state index contributed by atoms with van der Waals surface area (Å²) in [7, 11) is 1.29. The fraction of sp³-hybridized carbons (Fsp3) is 0.143. The van der Waals surface area contributed by atoms with Gasteiger partial charge < -0.3 is 14.0 Å². The number of hydrogen-bond acceptors (Lipinski definition) is 4. The standard InChI is InChI=1S/C21H20N2O4/c1-26-21(25)22-17-9-11-18(12-10-17)27-20(24)19-8-5-14-23(19)15-13-16-6-3-2-4-7-16/h2-12,14H,13,15H2,1H3,(H,22,25). The van der Waals surface area contributed by atoms with Crippen molar-refractivity contribution in [1.82, 2.24) is 4.57 Å². The Hall–Kier alpha value is -3.54. The van der Waals surface area contributed by atoms with E-state index < -0.39 is 12.1 Å². The largest absolute Gasteiger partial charge is 0.453 e. The molecule has 1 N–H and O–H groups in total. The lowest BCUT2D eigenvalue weighted by Crippen LogP contribution is -2.15. The zero-order valence-electron chi connectivity index (χ0n) is 14.9. The number of methoxy groups -OCH3 is 1. The zero-order valence-corrected chi connectivity index (χ0v) is 14.9. The molecule has 0 aliphatic rings. The molecule has 0 aliphatic heterocycles. The lowest BCUT2D eigenvalue weighted by Gasteiger charge is -2.10. The Morgan fingerprint density at radius 2 is 1.70 bits per heavy atom. The van der Waals surface area contributed by atoms with Crippen LogP contribution in [0.3, 0.4) is 0 Å². The Bertz CT molecular complexity index is 901. The van der Waals surface area contributed by atoms with Crippen LogP contribution in [0.1, 0.15) is 16.1 Å². The fourth-order valence-electron chi connectivity index (χ4n) is 2.62. The summed E-state index contributed by atoms with van der Waals surface area (Å²) in [5.74, 6) is -0.0343. The summed E-state index contributed by atoms with van der Waals surface area (Å²) in [6.07, 6.45) is 2.13. The number of carbonyl (C=O) groups is 2. The molecule has 0 radical (unpaired) electrons. The molecular weight excluding hydrogens is 344 g/mol. The van der Waals surface area contributed by atoms with E-state index in [4.69, 9.17) is 4.74 Å². The number of ether oxygens (including phenoxy) is 2. The molecule has 0 saturated heterocycles. The minimum absolute atomic E-state index is 0.395. The van der Waals surface area contributed by atoms with Gasteiger partial charge in [0.05, 0.1) is 7.11 Å². The highest BCUT2D eigenvalue weighted by atomic mass is 16.5. The van der Waals surface area contributed by atoms with Crippen LogP contribution in [0.5, 0.6) is 5.75 Å². The number of aromatic nitrogens is 1. The van der Waals surface area contributed by atoms with Crippen molar-refractivity contribution in [3.8, 4) is 5.75 Å². The molecule has 0 atom stereocenters. The van der Waals surface area contributed by atoms with E-state index >= 15 is 0 Å². The highest BCUT2D eigenvalue weighted by molar-refractivity contribution is 5.89. The summed E-state index contributed by atoms with van der Waals surface area (Å²) < 4.78 is 11.8. The number of nitrogens with zero attached hydrogens (tertiary/aromatic N) is 1. The van der Waals surface area contributed by atoms with Crippen molar-refractivity contribution in [2.24, 2.45) is 0 Å². The van der Waals surface area contributed by atoms with Crippen LogP contribution in [0.2, 0.25) is 0 Å². The van der Waals surface area contributed by atoms with Gasteiger partial charge in [-0.05, 0) is 48.4 Å². The van der Waals surface area contributed by atoms with Crippen LogP contribution in [0.25, 0.3) is 0 Å². The van der Waals surface area contributed by atoms with Crippen molar-refractivity contribution in [2.45, 2.75) is 13.0 Å². The van der Waals surface area contributed by atoms with Crippen molar-refractivity contribution in [1.29, 1.82) is 0 Å². The smallest absolute Gasteiger partial charge is 0.411 e. The maximum Gasteiger partial charge on any atom is 0.411 e. The Morgan fingerprint density at radius 1 is 0.963 bits per heavy atom. The van der Waals surface area contributed by atoms with Gasteiger partial charge in [-0.3, -0.25) is 5.32 Å². The van der Waals surface area contributed by atoms with Crippen molar-refractivity contribution >= 4 is 17.7 Å². The third-order valence-electron chi connectivity index (χ3n) is 4.02. The van der Waals surface area contributed by atoms with Gasteiger partial charge in [0.15, 0.2) is 0 Å². The van der Waals surface area contributed by atoms with E-state index in [1.54, 1.807) is 30.3 Å². The van der Waals surface area contributed by atoms with Gasteiger partial charge in [-0.1, -0.05) is 30.3 Å². The molecule has 0 aliphatic carbocycles. The summed E-state index contributed by atoms with van der Waals surface area (Å²) >= 11 is 0. The second-order valence-electron chi connectivity index (χ2n) is 5.85. The van der Waals surface area contributed by atoms with E-state index in [1.807, 2.05) is 35.0 Å². The van der Waals surface area contributed by atoms with Gasteiger partial charge >= 0.3 is 12.1 Å². The highest BCUT2D eigenvalue weighted by Crippen LogP contribution is 2.18. The molecule has 138 valence electrons. The first kappa shape index (κ1) is 18.3. The number of nitrogens with one attached hydrogen (secondary N) is 1. The average molecular weight is 364 g/mol. The highest BCUT2D eigenvalue weighted by Gasteiger charge is 2.13. The monoisotopic (exact) mass is 364 g/mol. The third-order valence-corrected chi connectivity index (χ3v) is 4.02. The Balaban J connectivity index is 1.61. The van der Waals surface area contributed by atoms with Crippen LogP contribution in [0, 0.1) is 0 Å². The minimum Gasteiger partial charge on any atom is -0.453 e. The van der Waals surface area contributed by atoms with Crippen LogP contribution in [-0.2, 0) is 17.7 Å². The number of amides is 1. The van der Waals surface area contributed by atoms with Gasteiger partial charge in [0.1, 0.15) is 11.4 Å². The number of benzene rings is 2. The van der Waals surface area contributed by atoms with Crippen LogP contribution in [0.15, 0.2) is 72.9 Å². The summed E-state index contributed by atoms with van der Waals surface area (Å²) in [4.78, 5) is 23.7. The molecule has 3 aromatic rings. The maximum atomic E-state index is 12.5. The van der Waals surface area contributed by atoms with Crippen molar-refractivity contribution in [3.63, 3.8) is 0 Å². The summed E-state index contributed by atoms with van der Waals surface area (Å²) in [6, 6.07) is 20.1. The predicted molar refractivity (Wildman–Crippen MR) is 102 cm³/mol. The number of rotatable bonds is 6. The van der Waals surface area contributed by atoms with Gasteiger partial charge in [-0.25, -0.2) is 9.59 Å². The number of hydrogen-bond donors (Lipinski definition) is 1. The van der Waals surface area contributed by atoms with Crippen LogP contribution in [0.4, 0.5) is 10.5 Å². The molecule has 6 nitrogen and oxygen atoms in total. The van der Waals surface area contributed by atoms with Crippen molar-refractivity contribution < 1.29 is 19.1 Å². The lowest BCUT2D eigenvalue weighted by molar-refractivity contribution is 0.0723. The summed E-state index contributed by atoms with van der Waals surface area (Å²) in [6.45, 7) is 0.684. The van der Waals surface area contributed by atoms with Gasteiger partial charge in [-0.2, -0.15) is 0 Å². The molecule has 3 rings (SSSR count). The van der Waals surface area contributed by atoms with E-state index in [9.17, 15) is 9.59 Å². The Morgan fingerprint density at radius 3 is 2.41 bits per heavy atom. The van der Waals surface area contributed by atoms with E-state index in [2.05, 4.69) is 22.2 Å².